The van der Waals surface area contributed by atoms with Gasteiger partial charge in [0.2, 0.25) is 11.6 Å². The topological polar surface area (TPSA) is 123 Å². The van der Waals surface area contributed by atoms with E-state index in [1.54, 1.807) is 6.07 Å². The smallest absolute Gasteiger partial charge is 0.295 e. The minimum atomic E-state index is -0.589. The number of aromatic hydroxyl groups is 2. The van der Waals surface area contributed by atoms with Crippen molar-refractivity contribution < 1.29 is 14.9 Å². The molecule has 94 valence electrons. The minimum Gasteiger partial charge on any atom is -0.504 e. The third-order valence-electron chi connectivity index (χ3n) is 2.16. The van der Waals surface area contributed by atoms with Crippen molar-refractivity contribution in [3.8, 4) is 17.4 Å². The van der Waals surface area contributed by atoms with Gasteiger partial charge in [0.15, 0.2) is 11.5 Å². The first-order valence-electron chi connectivity index (χ1n) is 4.90. The van der Waals surface area contributed by atoms with E-state index in [-0.39, 0.29) is 11.4 Å². The molecule has 0 unspecified atom stereocenters. The highest BCUT2D eigenvalue weighted by atomic mass is 16.5. The fourth-order valence-electron chi connectivity index (χ4n) is 1.28. The number of methoxy groups -OCH3 is 1. The molecule has 8 heteroatoms. The second kappa shape index (κ2) is 4.62. The molecule has 4 N–H and O–H groups in total. The van der Waals surface area contributed by atoms with Crippen molar-refractivity contribution in [1.82, 2.24) is 10.2 Å². The maximum atomic E-state index is 11.2. The standard InChI is InChI=1S/C10H10N4O4/c1-18-7-3-2-5(4-6(7)15)11-12-8-9(16)13-14-10(8)17/h2-4,15H,1H3,(H3,13,14,16,17). The number of hydrogen-bond acceptors (Lipinski definition) is 6. The Bertz CT molecular complexity index is 644. The lowest BCUT2D eigenvalue weighted by molar-refractivity contribution is 0.373. The highest BCUT2D eigenvalue weighted by molar-refractivity contribution is 5.51. The van der Waals surface area contributed by atoms with Gasteiger partial charge in [-0.1, -0.05) is 0 Å². The van der Waals surface area contributed by atoms with Crippen LogP contribution in [-0.4, -0.2) is 27.5 Å². The Labute approximate surface area is 101 Å². The SMILES string of the molecule is COc1ccc(N=Nc2c(O)[nH][nH]c2=O)cc1O. The van der Waals surface area contributed by atoms with Crippen molar-refractivity contribution in [3.63, 3.8) is 0 Å². The first-order valence-corrected chi connectivity index (χ1v) is 4.90. The van der Waals surface area contributed by atoms with Gasteiger partial charge in [-0.05, 0) is 12.1 Å². The number of nitrogens with one attached hydrogen (secondary N) is 2. The molecule has 0 aliphatic carbocycles. The van der Waals surface area contributed by atoms with Gasteiger partial charge in [0.1, 0.15) is 0 Å². The van der Waals surface area contributed by atoms with Crippen LogP contribution in [-0.2, 0) is 0 Å². The van der Waals surface area contributed by atoms with E-state index in [4.69, 9.17) is 4.74 Å². The number of nitrogens with zero attached hydrogens (tertiary/aromatic N) is 2. The monoisotopic (exact) mass is 250 g/mol. The van der Waals surface area contributed by atoms with Crippen molar-refractivity contribution in [2.24, 2.45) is 10.2 Å². The number of aromatic nitrogens is 2. The summed E-state index contributed by atoms with van der Waals surface area (Å²) in [4.78, 5) is 11.2. The van der Waals surface area contributed by atoms with Crippen LogP contribution in [0.25, 0.3) is 0 Å². The number of rotatable bonds is 3. The summed E-state index contributed by atoms with van der Waals surface area (Å²) in [5, 5.41) is 30.4. The average Bonchev–Trinajstić information content (AvgIpc) is 2.67. The summed E-state index contributed by atoms with van der Waals surface area (Å²) in [6.45, 7) is 0. The molecule has 8 nitrogen and oxygen atoms in total. The van der Waals surface area contributed by atoms with Crippen LogP contribution >= 0.6 is 0 Å². The summed E-state index contributed by atoms with van der Waals surface area (Å²) in [7, 11) is 1.42. The van der Waals surface area contributed by atoms with Crippen LogP contribution < -0.4 is 10.3 Å². The van der Waals surface area contributed by atoms with E-state index in [0.717, 1.165) is 0 Å². The molecule has 0 bridgehead atoms. The van der Waals surface area contributed by atoms with Gasteiger partial charge in [-0.25, -0.2) is 0 Å². The van der Waals surface area contributed by atoms with Gasteiger partial charge in [0.05, 0.1) is 12.8 Å². The van der Waals surface area contributed by atoms with Crippen LogP contribution in [0, 0.1) is 0 Å². The number of H-pyrrole nitrogens is 2. The molecule has 0 aliphatic heterocycles. The van der Waals surface area contributed by atoms with Crippen molar-refractivity contribution in [2.75, 3.05) is 7.11 Å². The van der Waals surface area contributed by atoms with Crippen molar-refractivity contribution >= 4 is 11.4 Å². The first-order chi connectivity index (χ1) is 8.61. The first kappa shape index (κ1) is 11.7. The number of ether oxygens (including phenoxy) is 1. The molecule has 0 aliphatic rings. The Hall–Kier alpha value is -2.77. The zero-order valence-corrected chi connectivity index (χ0v) is 9.34. The number of aromatic amines is 2. The van der Waals surface area contributed by atoms with E-state index in [1.165, 1.54) is 19.2 Å². The fourth-order valence-corrected chi connectivity index (χ4v) is 1.28. The Morgan fingerprint density at radius 2 is 2.00 bits per heavy atom. The van der Waals surface area contributed by atoms with Crippen LogP contribution in [0.3, 0.4) is 0 Å². The normalized spacial score (nSPS) is 10.9. The lowest BCUT2D eigenvalue weighted by atomic mass is 10.3. The van der Waals surface area contributed by atoms with Crippen LogP contribution in [0.15, 0.2) is 33.2 Å². The predicted octanol–water partition coefficient (Wildman–Crippen LogP) is 1.54. The van der Waals surface area contributed by atoms with Gasteiger partial charge in [0.25, 0.3) is 5.56 Å². The lowest BCUT2D eigenvalue weighted by Crippen LogP contribution is -1.96. The zero-order chi connectivity index (χ0) is 13.1. The molecule has 2 rings (SSSR count). The van der Waals surface area contributed by atoms with Gasteiger partial charge < -0.3 is 14.9 Å². The third kappa shape index (κ3) is 2.17. The molecule has 1 heterocycles. The van der Waals surface area contributed by atoms with E-state index in [0.29, 0.717) is 11.4 Å². The highest BCUT2D eigenvalue weighted by Crippen LogP contribution is 2.31. The minimum absolute atomic E-state index is 0.0962. The van der Waals surface area contributed by atoms with Crippen LogP contribution in [0.4, 0.5) is 11.4 Å². The second-order valence-corrected chi connectivity index (χ2v) is 3.33. The van der Waals surface area contributed by atoms with Gasteiger partial charge in [-0.3, -0.25) is 15.0 Å². The average molecular weight is 250 g/mol. The summed E-state index contributed by atoms with van der Waals surface area (Å²) in [5.41, 5.74) is -0.507. The number of phenols is 1. The quantitative estimate of drug-likeness (QED) is 0.617. The Balaban J connectivity index is 2.30. The van der Waals surface area contributed by atoms with Crippen LogP contribution in [0.5, 0.6) is 17.4 Å². The summed E-state index contributed by atoms with van der Waals surface area (Å²) < 4.78 is 4.87. The summed E-state index contributed by atoms with van der Waals surface area (Å²) in [5.74, 6) is -0.195. The number of benzene rings is 1. The van der Waals surface area contributed by atoms with E-state index < -0.39 is 11.4 Å². The van der Waals surface area contributed by atoms with Crippen molar-refractivity contribution in [2.45, 2.75) is 0 Å². The van der Waals surface area contributed by atoms with Crippen LogP contribution in [0.2, 0.25) is 0 Å². The Morgan fingerprint density at radius 3 is 2.56 bits per heavy atom. The summed E-state index contributed by atoms with van der Waals surface area (Å²) in [6, 6.07) is 4.37. The molecule has 0 spiro atoms. The molecular formula is C10H10N4O4. The van der Waals surface area contributed by atoms with Gasteiger partial charge in [-0.15, -0.1) is 5.11 Å². The second-order valence-electron chi connectivity index (χ2n) is 3.33. The molecule has 2 aromatic rings. The molecule has 0 amide bonds. The van der Waals surface area contributed by atoms with Gasteiger partial charge >= 0.3 is 0 Å². The molecule has 1 aromatic carbocycles. The Kier molecular flexibility index (Phi) is 3.00. The molecule has 18 heavy (non-hydrogen) atoms. The maximum Gasteiger partial charge on any atom is 0.295 e. The molecule has 0 radical (unpaired) electrons. The largest absolute Gasteiger partial charge is 0.504 e. The number of hydrogen-bond donors (Lipinski definition) is 4. The van der Waals surface area contributed by atoms with Gasteiger partial charge in [0, 0.05) is 6.07 Å². The molecule has 1 aromatic heterocycles. The maximum absolute atomic E-state index is 11.2. The van der Waals surface area contributed by atoms with E-state index >= 15 is 0 Å². The van der Waals surface area contributed by atoms with E-state index in [9.17, 15) is 15.0 Å². The summed E-state index contributed by atoms with van der Waals surface area (Å²) >= 11 is 0. The number of phenolic OH excluding ortho intramolecular Hbond substituents is 1. The third-order valence-corrected chi connectivity index (χ3v) is 2.16. The molecular weight excluding hydrogens is 240 g/mol. The van der Waals surface area contributed by atoms with Crippen molar-refractivity contribution in [1.29, 1.82) is 0 Å². The predicted molar refractivity (Wildman–Crippen MR) is 61.9 cm³/mol. The Morgan fingerprint density at radius 1 is 1.22 bits per heavy atom. The van der Waals surface area contributed by atoms with E-state index in [2.05, 4.69) is 20.4 Å². The molecule has 0 atom stereocenters. The lowest BCUT2D eigenvalue weighted by Gasteiger charge is -2.02. The highest BCUT2D eigenvalue weighted by Gasteiger charge is 2.07. The van der Waals surface area contributed by atoms with E-state index in [1.807, 2.05) is 0 Å². The van der Waals surface area contributed by atoms with Crippen LogP contribution in [0.1, 0.15) is 0 Å². The molecule has 0 fully saturated rings. The van der Waals surface area contributed by atoms with Crippen molar-refractivity contribution in [3.05, 3.63) is 28.6 Å². The number of azo groups is 1. The summed E-state index contributed by atoms with van der Waals surface area (Å²) in [6.07, 6.45) is 0. The molecule has 0 saturated heterocycles. The fraction of sp³-hybridized carbons (Fsp3) is 0.100. The zero-order valence-electron chi connectivity index (χ0n) is 9.34. The molecule has 0 saturated carbocycles. The van der Waals surface area contributed by atoms with Gasteiger partial charge in [-0.2, -0.15) is 5.11 Å².